The van der Waals surface area contributed by atoms with E-state index in [0.29, 0.717) is 17.9 Å². The fraction of sp³-hybridized carbons (Fsp3) is 0.333. The molecule has 1 aromatic carbocycles. The van der Waals surface area contributed by atoms with E-state index in [1.165, 1.54) is 18.2 Å². The molecule has 70 valence electrons. The average molecular weight is 184 g/mol. The highest BCUT2D eigenvalue weighted by molar-refractivity contribution is 5.42. The van der Waals surface area contributed by atoms with Gasteiger partial charge in [-0.05, 0) is 12.1 Å². The summed E-state index contributed by atoms with van der Waals surface area (Å²) < 4.78 is 23.1. The highest BCUT2D eigenvalue weighted by atomic mass is 19.1. The maximum Gasteiger partial charge on any atom is 0.243 e. The van der Waals surface area contributed by atoms with E-state index in [9.17, 15) is 4.39 Å². The second kappa shape index (κ2) is 3.22. The Kier molecular flexibility index (Phi) is 2.06. The fourth-order valence-electron chi connectivity index (χ4n) is 1.20. The maximum absolute atomic E-state index is 12.7. The Labute approximate surface area is 74.7 Å². The van der Waals surface area contributed by atoms with Crippen LogP contribution in [-0.4, -0.2) is 18.0 Å². The van der Waals surface area contributed by atoms with Gasteiger partial charge in [0.2, 0.25) is 6.29 Å². The summed E-state index contributed by atoms with van der Waals surface area (Å²) in [6.45, 7) is -0.0128. The predicted octanol–water partition coefficient (Wildman–Crippen LogP) is 1.31. The predicted molar refractivity (Wildman–Crippen MR) is 43.1 cm³/mol. The average Bonchev–Trinajstić information content (AvgIpc) is 2.46. The van der Waals surface area contributed by atoms with Crippen molar-refractivity contribution in [3.8, 4) is 11.5 Å². The first kappa shape index (κ1) is 8.31. The van der Waals surface area contributed by atoms with Crippen LogP contribution in [0.5, 0.6) is 11.5 Å². The van der Waals surface area contributed by atoms with Crippen molar-refractivity contribution in [2.75, 3.05) is 6.61 Å². The van der Waals surface area contributed by atoms with Crippen LogP contribution in [0.1, 0.15) is 6.42 Å². The van der Waals surface area contributed by atoms with Crippen LogP contribution in [-0.2, 0) is 0 Å². The molecule has 0 aromatic heterocycles. The number of aliphatic hydroxyl groups is 1. The normalized spacial score (nSPS) is 19.1. The highest BCUT2D eigenvalue weighted by Gasteiger charge is 2.23. The molecule has 1 heterocycles. The summed E-state index contributed by atoms with van der Waals surface area (Å²) in [4.78, 5) is 0. The summed E-state index contributed by atoms with van der Waals surface area (Å²) in [5.74, 6) is 0.574. The number of benzene rings is 1. The standard InChI is InChI=1S/C9H9FO3/c10-6-1-2-7-8(5-6)13-9(12-7)3-4-11/h1-2,5,9,11H,3-4H2. The number of rotatable bonds is 2. The lowest BCUT2D eigenvalue weighted by Gasteiger charge is -2.06. The second-order valence-electron chi connectivity index (χ2n) is 2.77. The van der Waals surface area contributed by atoms with Crippen LogP contribution in [0.25, 0.3) is 0 Å². The summed E-state index contributed by atoms with van der Waals surface area (Å²) >= 11 is 0. The topological polar surface area (TPSA) is 38.7 Å². The SMILES string of the molecule is OCCC1Oc2ccc(F)cc2O1. The van der Waals surface area contributed by atoms with Gasteiger partial charge in [0.25, 0.3) is 0 Å². The molecular formula is C9H9FO3. The Bertz CT molecular complexity index is 314. The van der Waals surface area contributed by atoms with E-state index in [1.54, 1.807) is 0 Å². The molecule has 0 aliphatic carbocycles. The Morgan fingerprint density at radius 1 is 1.31 bits per heavy atom. The van der Waals surface area contributed by atoms with Gasteiger partial charge in [0.15, 0.2) is 11.5 Å². The van der Waals surface area contributed by atoms with Gasteiger partial charge in [-0.3, -0.25) is 0 Å². The molecule has 1 N–H and O–H groups in total. The molecule has 4 heteroatoms. The summed E-state index contributed by atoms with van der Waals surface area (Å²) in [6.07, 6.45) is -0.0992. The fourth-order valence-corrected chi connectivity index (χ4v) is 1.20. The Balaban J connectivity index is 2.16. The van der Waals surface area contributed by atoms with Crippen LogP contribution < -0.4 is 9.47 Å². The maximum atomic E-state index is 12.7. The summed E-state index contributed by atoms with van der Waals surface area (Å²) in [7, 11) is 0. The molecule has 0 saturated carbocycles. The molecule has 0 radical (unpaired) electrons. The number of halogens is 1. The first-order valence-corrected chi connectivity index (χ1v) is 4.03. The molecule has 0 saturated heterocycles. The molecule has 1 aliphatic heterocycles. The van der Waals surface area contributed by atoms with Crippen LogP contribution >= 0.6 is 0 Å². The zero-order chi connectivity index (χ0) is 9.26. The molecule has 1 unspecified atom stereocenters. The Hall–Kier alpha value is -1.29. The van der Waals surface area contributed by atoms with Crippen LogP contribution in [0.4, 0.5) is 4.39 Å². The first-order chi connectivity index (χ1) is 6.29. The van der Waals surface area contributed by atoms with E-state index in [4.69, 9.17) is 14.6 Å². The first-order valence-electron chi connectivity index (χ1n) is 4.03. The summed E-state index contributed by atoms with van der Waals surface area (Å²) in [5, 5.41) is 8.63. The number of hydrogen-bond donors (Lipinski definition) is 1. The molecule has 13 heavy (non-hydrogen) atoms. The lowest BCUT2D eigenvalue weighted by Crippen LogP contribution is -2.19. The summed E-state index contributed by atoms with van der Waals surface area (Å²) in [6, 6.07) is 4.10. The van der Waals surface area contributed by atoms with Gasteiger partial charge in [-0.2, -0.15) is 0 Å². The van der Waals surface area contributed by atoms with Crippen molar-refractivity contribution < 1.29 is 19.0 Å². The smallest absolute Gasteiger partial charge is 0.243 e. The van der Waals surface area contributed by atoms with Crippen molar-refractivity contribution in [3.05, 3.63) is 24.0 Å². The molecule has 0 amide bonds. The van der Waals surface area contributed by atoms with E-state index in [1.807, 2.05) is 0 Å². The molecule has 1 aromatic rings. The number of aliphatic hydroxyl groups excluding tert-OH is 1. The zero-order valence-corrected chi connectivity index (χ0v) is 6.87. The minimum absolute atomic E-state index is 0.0128. The lowest BCUT2D eigenvalue weighted by atomic mass is 10.3. The lowest BCUT2D eigenvalue weighted by molar-refractivity contribution is 0.0270. The second-order valence-corrected chi connectivity index (χ2v) is 2.77. The van der Waals surface area contributed by atoms with E-state index in [0.717, 1.165) is 0 Å². The quantitative estimate of drug-likeness (QED) is 0.753. The van der Waals surface area contributed by atoms with Gasteiger partial charge in [-0.15, -0.1) is 0 Å². The molecule has 1 aliphatic rings. The van der Waals surface area contributed by atoms with Crippen molar-refractivity contribution in [3.63, 3.8) is 0 Å². The van der Waals surface area contributed by atoms with E-state index < -0.39 is 6.29 Å². The number of hydrogen-bond acceptors (Lipinski definition) is 3. The van der Waals surface area contributed by atoms with Gasteiger partial charge in [-0.1, -0.05) is 0 Å². The van der Waals surface area contributed by atoms with Crippen molar-refractivity contribution >= 4 is 0 Å². The van der Waals surface area contributed by atoms with Gasteiger partial charge >= 0.3 is 0 Å². The highest BCUT2D eigenvalue weighted by Crippen LogP contribution is 2.35. The number of ether oxygens (including phenoxy) is 2. The van der Waals surface area contributed by atoms with Crippen LogP contribution in [0.3, 0.4) is 0 Å². The van der Waals surface area contributed by atoms with Crippen molar-refractivity contribution in [1.82, 2.24) is 0 Å². The van der Waals surface area contributed by atoms with E-state index >= 15 is 0 Å². The third kappa shape index (κ3) is 1.58. The summed E-state index contributed by atoms with van der Waals surface area (Å²) in [5.41, 5.74) is 0. The third-order valence-electron chi connectivity index (χ3n) is 1.79. The number of fused-ring (bicyclic) bond motifs is 1. The minimum Gasteiger partial charge on any atom is -0.451 e. The van der Waals surface area contributed by atoms with Gasteiger partial charge in [0, 0.05) is 12.5 Å². The monoisotopic (exact) mass is 184 g/mol. The largest absolute Gasteiger partial charge is 0.451 e. The van der Waals surface area contributed by atoms with Crippen molar-refractivity contribution in [2.45, 2.75) is 12.7 Å². The molecule has 3 nitrogen and oxygen atoms in total. The van der Waals surface area contributed by atoms with Crippen LogP contribution in [0, 0.1) is 5.82 Å². The molecule has 1 atom stereocenters. The van der Waals surface area contributed by atoms with Crippen LogP contribution in [0.15, 0.2) is 18.2 Å². The molecule has 0 spiro atoms. The molecule has 0 fully saturated rings. The van der Waals surface area contributed by atoms with Crippen LogP contribution in [0.2, 0.25) is 0 Å². The third-order valence-corrected chi connectivity index (χ3v) is 1.79. The Morgan fingerprint density at radius 2 is 2.08 bits per heavy atom. The molecular weight excluding hydrogens is 175 g/mol. The van der Waals surface area contributed by atoms with Gasteiger partial charge in [-0.25, -0.2) is 4.39 Å². The molecule has 0 bridgehead atoms. The molecule has 2 rings (SSSR count). The van der Waals surface area contributed by atoms with Gasteiger partial charge < -0.3 is 14.6 Å². The Morgan fingerprint density at radius 3 is 2.85 bits per heavy atom. The van der Waals surface area contributed by atoms with Gasteiger partial charge in [0.05, 0.1) is 6.61 Å². The van der Waals surface area contributed by atoms with Gasteiger partial charge in [0.1, 0.15) is 5.82 Å². The minimum atomic E-state index is -0.484. The van der Waals surface area contributed by atoms with E-state index in [-0.39, 0.29) is 12.4 Å². The zero-order valence-electron chi connectivity index (χ0n) is 6.87. The van der Waals surface area contributed by atoms with E-state index in [2.05, 4.69) is 0 Å². The van der Waals surface area contributed by atoms with Crippen molar-refractivity contribution in [1.29, 1.82) is 0 Å². The van der Waals surface area contributed by atoms with Crippen molar-refractivity contribution in [2.24, 2.45) is 0 Å².